The molecule has 15 aromatic rings. The molecule has 0 spiro atoms. The van der Waals surface area contributed by atoms with Gasteiger partial charge in [0.25, 0.3) is 0 Å². The van der Waals surface area contributed by atoms with Crippen molar-refractivity contribution in [2.45, 2.75) is 10.8 Å². The Bertz CT molecular complexity index is 5000. The summed E-state index contributed by atoms with van der Waals surface area (Å²) in [6.07, 6.45) is 0. The molecule has 0 atom stereocenters. The summed E-state index contributed by atoms with van der Waals surface area (Å²) in [4.78, 5) is 2.44. The highest BCUT2D eigenvalue weighted by Gasteiger charge is 2.48. The number of para-hydroxylation sites is 1. The zero-order valence-corrected chi connectivity index (χ0v) is 47.2. The van der Waals surface area contributed by atoms with Crippen LogP contribution in [0, 0.1) is 0 Å². The molecule has 0 saturated heterocycles. The molecule has 17 rings (SSSR count). The van der Waals surface area contributed by atoms with Gasteiger partial charge in [-0.1, -0.05) is 261 Å². The largest absolute Gasteiger partial charge is 0.310 e. The van der Waals surface area contributed by atoms with Crippen molar-refractivity contribution in [1.82, 2.24) is 4.57 Å². The van der Waals surface area contributed by atoms with Crippen LogP contribution in [-0.2, 0) is 10.8 Å². The molecule has 0 fully saturated rings. The van der Waals surface area contributed by atoms with Gasteiger partial charge in [0.1, 0.15) is 0 Å². The minimum atomic E-state index is -0.544. The third-order valence-corrected chi connectivity index (χ3v) is 18.7. The molecule has 2 nitrogen and oxygen atoms in total. The number of benzene rings is 14. The van der Waals surface area contributed by atoms with Crippen molar-refractivity contribution >= 4 is 49.6 Å². The van der Waals surface area contributed by atoms with E-state index in [9.17, 15) is 0 Å². The summed E-state index contributed by atoms with van der Waals surface area (Å²) < 4.78 is 2.44. The minimum absolute atomic E-state index is 0.521. The molecule has 0 saturated carbocycles. The normalized spacial score (nSPS) is 13.3. The van der Waals surface area contributed by atoms with E-state index in [2.05, 4.69) is 349 Å². The van der Waals surface area contributed by atoms with Crippen LogP contribution in [0.5, 0.6) is 0 Å². The second-order valence-electron chi connectivity index (χ2n) is 23.1. The Morgan fingerprint density at radius 3 is 1.17 bits per heavy atom. The summed E-state index contributed by atoms with van der Waals surface area (Å²) in [5.74, 6) is 0. The summed E-state index contributed by atoms with van der Waals surface area (Å²) in [7, 11) is 0. The molecule has 1 aromatic heterocycles. The monoisotopic (exact) mass is 1090 g/mol. The quantitative estimate of drug-likeness (QED) is 0.132. The predicted octanol–water partition coefficient (Wildman–Crippen LogP) is 21.5. The fourth-order valence-electron chi connectivity index (χ4n) is 15.0. The summed E-state index contributed by atoms with van der Waals surface area (Å²) in [5.41, 5.74) is 25.6. The van der Waals surface area contributed by atoms with E-state index in [1.165, 1.54) is 110 Å². The lowest BCUT2D eigenvalue weighted by molar-refractivity contribution is 0.768. The van der Waals surface area contributed by atoms with Gasteiger partial charge in [-0.25, -0.2) is 0 Å². The lowest BCUT2D eigenvalue weighted by Crippen LogP contribution is -2.28. The molecular weight excluding hydrogens is 1040 g/mol. The molecule has 14 aromatic carbocycles. The van der Waals surface area contributed by atoms with E-state index >= 15 is 0 Å². The van der Waals surface area contributed by atoms with E-state index in [1.54, 1.807) is 0 Å². The van der Waals surface area contributed by atoms with Gasteiger partial charge < -0.3 is 9.47 Å². The first-order valence-corrected chi connectivity index (χ1v) is 29.9. The number of fused-ring (bicyclic) bond motifs is 10. The zero-order chi connectivity index (χ0) is 56.8. The molecule has 0 radical (unpaired) electrons. The van der Waals surface area contributed by atoms with Crippen molar-refractivity contribution < 1.29 is 0 Å². The first-order chi connectivity index (χ1) is 42.6. The highest BCUT2D eigenvalue weighted by molar-refractivity contribution is 6.11. The number of nitrogens with zero attached hydrogens (tertiary/aromatic N) is 2. The van der Waals surface area contributed by atoms with Crippen LogP contribution in [0.1, 0.15) is 44.5 Å². The molecule has 0 N–H and O–H groups in total. The Labute approximate surface area is 501 Å². The number of aromatic nitrogens is 1. The van der Waals surface area contributed by atoms with Crippen LogP contribution in [0.25, 0.3) is 82.8 Å². The number of anilines is 3. The van der Waals surface area contributed by atoms with Gasteiger partial charge >= 0.3 is 0 Å². The molecule has 0 unspecified atom stereocenters. The summed E-state index contributed by atoms with van der Waals surface area (Å²) >= 11 is 0. The lowest BCUT2D eigenvalue weighted by atomic mass is 9.67. The standard InChI is InChI=1S/C84H56N2/c1-5-23-63(24-6-1)83(64-25-7-2-8-26-64)77-34-18-17-33-73(77)74-50-49-70(56-80(74)83)85(68-45-39-58(40-46-68)61-38-37-57-21-13-14-22-60(57)53-61)69-47-41-59(42-48-69)62-43-51-81-75(54-62)76-55-66(44-52-82(76)86(81)67-29-11-4-12-30-67)84(65-27-9-3-10-28-65)78-35-19-15-31-71(78)72-32-16-20-36-79(72)84/h1-56H. The minimum Gasteiger partial charge on any atom is -0.310 e. The van der Waals surface area contributed by atoms with Crippen molar-refractivity contribution in [3.63, 3.8) is 0 Å². The summed E-state index contributed by atoms with van der Waals surface area (Å²) in [6, 6.07) is 126. The maximum atomic E-state index is 2.50. The Kier molecular flexibility index (Phi) is 11.4. The fraction of sp³-hybridized carbons (Fsp3) is 0.0238. The highest BCUT2D eigenvalue weighted by atomic mass is 15.1. The average molecular weight is 1090 g/mol. The van der Waals surface area contributed by atoms with E-state index in [4.69, 9.17) is 0 Å². The predicted molar refractivity (Wildman–Crippen MR) is 358 cm³/mol. The Morgan fingerprint density at radius 1 is 0.233 bits per heavy atom. The maximum absolute atomic E-state index is 2.50. The second-order valence-corrected chi connectivity index (χ2v) is 23.1. The molecular formula is C84H56N2. The molecule has 86 heavy (non-hydrogen) atoms. The first-order valence-electron chi connectivity index (χ1n) is 29.9. The third kappa shape index (κ3) is 7.46. The second kappa shape index (κ2) is 19.8. The fourth-order valence-corrected chi connectivity index (χ4v) is 15.0. The van der Waals surface area contributed by atoms with Crippen LogP contribution in [0.2, 0.25) is 0 Å². The molecule has 402 valence electrons. The van der Waals surface area contributed by atoms with Crippen LogP contribution >= 0.6 is 0 Å². The average Bonchev–Trinajstić information content (AvgIpc) is 1.61. The Hall–Kier alpha value is -11.1. The lowest BCUT2D eigenvalue weighted by Gasteiger charge is -2.35. The Morgan fingerprint density at radius 2 is 0.628 bits per heavy atom. The zero-order valence-electron chi connectivity index (χ0n) is 47.2. The third-order valence-electron chi connectivity index (χ3n) is 18.7. The smallest absolute Gasteiger partial charge is 0.0714 e. The molecule has 0 amide bonds. The van der Waals surface area contributed by atoms with Crippen molar-refractivity contribution in [3.8, 4) is 50.2 Å². The molecule has 2 heteroatoms. The van der Waals surface area contributed by atoms with Crippen molar-refractivity contribution in [1.29, 1.82) is 0 Å². The van der Waals surface area contributed by atoms with Crippen molar-refractivity contribution in [2.75, 3.05) is 4.90 Å². The van der Waals surface area contributed by atoms with Crippen LogP contribution < -0.4 is 4.90 Å². The maximum Gasteiger partial charge on any atom is 0.0714 e. The topological polar surface area (TPSA) is 8.17 Å². The van der Waals surface area contributed by atoms with E-state index in [1.807, 2.05) is 0 Å². The van der Waals surface area contributed by atoms with Gasteiger partial charge in [0.05, 0.1) is 21.9 Å². The van der Waals surface area contributed by atoms with Gasteiger partial charge in [0, 0.05) is 33.5 Å². The van der Waals surface area contributed by atoms with Crippen molar-refractivity contribution in [3.05, 3.63) is 384 Å². The van der Waals surface area contributed by atoms with E-state index in [0.29, 0.717) is 0 Å². The van der Waals surface area contributed by atoms with Gasteiger partial charge in [-0.2, -0.15) is 0 Å². The van der Waals surface area contributed by atoms with Gasteiger partial charge in [-0.05, 0) is 179 Å². The number of hydrogen-bond acceptors (Lipinski definition) is 1. The Balaban J connectivity index is 0.830. The van der Waals surface area contributed by atoms with Crippen molar-refractivity contribution in [2.24, 2.45) is 0 Å². The van der Waals surface area contributed by atoms with E-state index in [-0.39, 0.29) is 0 Å². The van der Waals surface area contributed by atoms with E-state index in [0.717, 1.165) is 33.9 Å². The number of rotatable bonds is 10. The van der Waals surface area contributed by atoms with Gasteiger partial charge in [0.2, 0.25) is 0 Å². The van der Waals surface area contributed by atoms with Gasteiger partial charge in [0.15, 0.2) is 0 Å². The molecule has 0 aliphatic heterocycles. The summed E-state index contributed by atoms with van der Waals surface area (Å²) in [6.45, 7) is 0. The van der Waals surface area contributed by atoms with E-state index < -0.39 is 10.8 Å². The van der Waals surface area contributed by atoms with Gasteiger partial charge in [-0.3, -0.25) is 0 Å². The molecule has 1 heterocycles. The molecule has 0 bridgehead atoms. The SMILES string of the molecule is c1ccc(-n2c3ccc(-c4ccc(N(c5ccc(-c6ccc7ccccc7c6)cc5)c5ccc6c(c5)C(c5ccccc5)(c5ccccc5)c5ccccc5-6)cc4)cc3c3cc(C4(c5ccccc5)c5ccccc5-c5ccccc54)ccc32)cc1. The highest BCUT2D eigenvalue weighted by Crippen LogP contribution is 2.59. The van der Waals surface area contributed by atoms with Crippen LogP contribution in [0.15, 0.2) is 340 Å². The molecule has 2 aliphatic rings. The van der Waals surface area contributed by atoms with Gasteiger partial charge in [-0.15, -0.1) is 0 Å². The molecule has 2 aliphatic carbocycles. The van der Waals surface area contributed by atoms with Crippen LogP contribution in [-0.4, -0.2) is 4.57 Å². The summed E-state index contributed by atoms with van der Waals surface area (Å²) in [5, 5.41) is 4.91. The first kappa shape index (κ1) is 49.5. The number of hydrogen-bond donors (Lipinski definition) is 0. The van der Waals surface area contributed by atoms with Crippen LogP contribution in [0.3, 0.4) is 0 Å². The van der Waals surface area contributed by atoms with Crippen LogP contribution in [0.4, 0.5) is 17.1 Å².